The van der Waals surface area contributed by atoms with Gasteiger partial charge in [0.1, 0.15) is 5.75 Å². The number of primary amides is 1. The van der Waals surface area contributed by atoms with E-state index in [-0.39, 0.29) is 0 Å². The lowest BCUT2D eigenvalue weighted by Crippen LogP contribution is -2.10. The number of rotatable bonds is 4. The first-order valence-electron chi connectivity index (χ1n) is 4.90. The fourth-order valence-electron chi connectivity index (χ4n) is 1.20. The number of amides is 1. The number of carbonyl (C=O) groups excluding carboxylic acids is 1. The van der Waals surface area contributed by atoms with Gasteiger partial charge >= 0.3 is 0 Å². The second-order valence-corrected chi connectivity index (χ2v) is 3.10. The van der Waals surface area contributed by atoms with Gasteiger partial charge in [-0.3, -0.25) is 4.79 Å². The standard InChI is InChI=1S/C12H15NO2/c1-3-10(4-2)15-11-7-5-6-9(8-11)12(13)14/h3,5-8H,4H2,1-2H3,(H2,13,14). The molecular weight excluding hydrogens is 190 g/mol. The molecule has 3 nitrogen and oxygen atoms in total. The molecule has 0 atom stereocenters. The van der Waals surface area contributed by atoms with Gasteiger partial charge < -0.3 is 10.5 Å². The average Bonchev–Trinajstić information content (AvgIpc) is 2.26. The van der Waals surface area contributed by atoms with E-state index in [2.05, 4.69) is 0 Å². The average molecular weight is 205 g/mol. The van der Waals surface area contributed by atoms with Crippen molar-refractivity contribution in [3.05, 3.63) is 41.7 Å². The summed E-state index contributed by atoms with van der Waals surface area (Å²) in [7, 11) is 0. The number of carbonyl (C=O) groups is 1. The van der Waals surface area contributed by atoms with Crippen LogP contribution in [0.4, 0.5) is 0 Å². The predicted molar refractivity (Wildman–Crippen MR) is 59.6 cm³/mol. The van der Waals surface area contributed by atoms with Crippen molar-refractivity contribution < 1.29 is 9.53 Å². The molecule has 1 aromatic carbocycles. The second kappa shape index (κ2) is 5.20. The van der Waals surface area contributed by atoms with Gasteiger partial charge in [-0.25, -0.2) is 0 Å². The molecular formula is C12H15NO2. The lowest BCUT2D eigenvalue weighted by atomic mass is 10.2. The fraction of sp³-hybridized carbons (Fsp3) is 0.250. The molecule has 0 aliphatic heterocycles. The third-order valence-electron chi connectivity index (χ3n) is 2.04. The zero-order valence-corrected chi connectivity index (χ0v) is 8.99. The Hall–Kier alpha value is -1.77. The number of ether oxygens (including phenoxy) is 1. The minimum absolute atomic E-state index is 0.445. The van der Waals surface area contributed by atoms with E-state index in [4.69, 9.17) is 10.5 Å². The SMILES string of the molecule is CC=C(CC)Oc1cccc(C(N)=O)c1. The first kappa shape index (κ1) is 11.3. The van der Waals surface area contributed by atoms with E-state index in [0.29, 0.717) is 11.3 Å². The van der Waals surface area contributed by atoms with Gasteiger partial charge in [-0.05, 0) is 31.2 Å². The number of hydrogen-bond donors (Lipinski definition) is 1. The maximum absolute atomic E-state index is 10.9. The van der Waals surface area contributed by atoms with Crippen molar-refractivity contribution in [1.29, 1.82) is 0 Å². The van der Waals surface area contributed by atoms with E-state index in [1.165, 1.54) is 0 Å². The summed E-state index contributed by atoms with van der Waals surface area (Å²) in [5, 5.41) is 0. The van der Waals surface area contributed by atoms with Crippen LogP contribution in [0, 0.1) is 0 Å². The summed E-state index contributed by atoms with van der Waals surface area (Å²) >= 11 is 0. The first-order valence-corrected chi connectivity index (χ1v) is 4.90. The van der Waals surface area contributed by atoms with Crippen LogP contribution in [-0.2, 0) is 0 Å². The van der Waals surface area contributed by atoms with E-state index in [0.717, 1.165) is 12.2 Å². The molecule has 15 heavy (non-hydrogen) atoms. The lowest BCUT2D eigenvalue weighted by molar-refractivity contribution is 0.1000. The summed E-state index contributed by atoms with van der Waals surface area (Å²) in [6.45, 7) is 3.92. The Balaban J connectivity index is 2.87. The summed E-state index contributed by atoms with van der Waals surface area (Å²) in [5.74, 6) is 1.07. The van der Waals surface area contributed by atoms with Crippen LogP contribution in [-0.4, -0.2) is 5.91 Å². The fourth-order valence-corrected chi connectivity index (χ4v) is 1.20. The summed E-state index contributed by atoms with van der Waals surface area (Å²) in [6, 6.07) is 6.85. The molecule has 1 amide bonds. The van der Waals surface area contributed by atoms with E-state index >= 15 is 0 Å². The van der Waals surface area contributed by atoms with Crippen LogP contribution < -0.4 is 10.5 Å². The van der Waals surface area contributed by atoms with Crippen LogP contribution in [0.25, 0.3) is 0 Å². The van der Waals surface area contributed by atoms with E-state index < -0.39 is 5.91 Å². The Morgan fingerprint density at radius 2 is 2.27 bits per heavy atom. The summed E-state index contributed by atoms with van der Waals surface area (Å²) in [4.78, 5) is 10.9. The Labute approximate surface area is 89.5 Å². The molecule has 0 bridgehead atoms. The Morgan fingerprint density at radius 1 is 1.53 bits per heavy atom. The van der Waals surface area contributed by atoms with Gasteiger partial charge in [0, 0.05) is 12.0 Å². The summed E-state index contributed by atoms with van der Waals surface area (Å²) < 4.78 is 5.56. The Kier molecular flexibility index (Phi) is 3.92. The van der Waals surface area contributed by atoms with Crippen LogP contribution in [0.15, 0.2) is 36.1 Å². The topological polar surface area (TPSA) is 52.3 Å². The van der Waals surface area contributed by atoms with Crippen LogP contribution >= 0.6 is 0 Å². The van der Waals surface area contributed by atoms with Crippen molar-refractivity contribution in [1.82, 2.24) is 0 Å². The van der Waals surface area contributed by atoms with E-state index in [9.17, 15) is 4.79 Å². The minimum Gasteiger partial charge on any atom is -0.462 e. The molecule has 2 N–H and O–H groups in total. The van der Waals surface area contributed by atoms with Gasteiger partial charge in [-0.15, -0.1) is 0 Å². The highest BCUT2D eigenvalue weighted by atomic mass is 16.5. The number of nitrogens with two attached hydrogens (primary N) is 1. The minimum atomic E-state index is -0.445. The molecule has 3 heteroatoms. The maximum Gasteiger partial charge on any atom is 0.248 e. The van der Waals surface area contributed by atoms with Crippen molar-refractivity contribution in [2.75, 3.05) is 0 Å². The van der Waals surface area contributed by atoms with Crippen molar-refractivity contribution in [2.24, 2.45) is 5.73 Å². The van der Waals surface area contributed by atoms with Crippen LogP contribution in [0.1, 0.15) is 30.6 Å². The highest BCUT2D eigenvalue weighted by molar-refractivity contribution is 5.93. The quantitative estimate of drug-likeness (QED) is 0.768. The van der Waals surface area contributed by atoms with Crippen molar-refractivity contribution in [2.45, 2.75) is 20.3 Å². The highest BCUT2D eigenvalue weighted by Gasteiger charge is 2.02. The molecule has 0 unspecified atom stereocenters. The molecule has 0 heterocycles. The van der Waals surface area contributed by atoms with Gasteiger partial charge in [0.15, 0.2) is 0 Å². The van der Waals surface area contributed by atoms with E-state index in [1.54, 1.807) is 24.3 Å². The normalized spacial score (nSPS) is 11.2. The molecule has 1 rings (SSSR count). The molecule has 0 saturated carbocycles. The number of allylic oxidation sites excluding steroid dienone is 2. The molecule has 80 valence electrons. The van der Waals surface area contributed by atoms with Gasteiger partial charge in [0.05, 0.1) is 5.76 Å². The van der Waals surface area contributed by atoms with Gasteiger partial charge in [0.25, 0.3) is 0 Å². The molecule has 0 aliphatic rings. The maximum atomic E-state index is 10.9. The van der Waals surface area contributed by atoms with Crippen molar-refractivity contribution in [3.8, 4) is 5.75 Å². The third kappa shape index (κ3) is 3.13. The smallest absolute Gasteiger partial charge is 0.248 e. The molecule has 0 fully saturated rings. The van der Waals surface area contributed by atoms with Crippen LogP contribution in [0.5, 0.6) is 5.75 Å². The zero-order valence-electron chi connectivity index (χ0n) is 8.99. The highest BCUT2D eigenvalue weighted by Crippen LogP contribution is 2.17. The first-order chi connectivity index (χ1) is 7.17. The molecule has 1 aromatic rings. The summed E-state index contributed by atoms with van der Waals surface area (Å²) in [5.41, 5.74) is 5.63. The van der Waals surface area contributed by atoms with Gasteiger partial charge in [-0.1, -0.05) is 13.0 Å². The Bertz CT molecular complexity index is 383. The Morgan fingerprint density at radius 3 is 2.80 bits per heavy atom. The molecule has 0 radical (unpaired) electrons. The van der Waals surface area contributed by atoms with E-state index in [1.807, 2.05) is 19.9 Å². The van der Waals surface area contributed by atoms with Gasteiger partial charge in [-0.2, -0.15) is 0 Å². The number of benzene rings is 1. The molecule has 0 aromatic heterocycles. The van der Waals surface area contributed by atoms with Crippen LogP contribution in [0.2, 0.25) is 0 Å². The monoisotopic (exact) mass is 205 g/mol. The zero-order chi connectivity index (χ0) is 11.3. The summed E-state index contributed by atoms with van der Waals surface area (Å²) in [6.07, 6.45) is 2.72. The van der Waals surface area contributed by atoms with Crippen molar-refractivity contribution >= 4 is 5.91 Å². The molecule has 0 spiro atoms. The molecule has 0 saturated heterocycles. The number of hydrogen-bond acceptors (Lipinski definition) is 2. The van der Waals surface area contributed by atoms with Gasteiger partial charge in [0.2, 0.25) is 5.91 Å². The van der Waals surface area contributed by atoms with Crippen molar-refractivity contribution in [3.63, 3.8) is 0 Å². The third-order valence-corrected chi connectivity index (χ3v) is 2.04. The van der Waals surface area contributed by atoms with Crippen LogP contribution in [0.3, 0.4) is 0 Å². The molecule has 0 aliphatic carbocycles. The second-order valence-electron chi connectivity index (χ2n) is 3.10. The lowest BCUT2D eigenvalue weighted by Gasteiger charge is -2.08. The largest absolute Gasteiger partial charge is 0.462 e. The predicted octanol–water partition coefficient (Wildman–Crippen LogP) is 2.48.